The SMILES string of the molecule is COc1ccc(CNc2nc(-c3ccc(F)cc3)nc3c2ncn3C(C)C)cc1. The first-order valence-electron chi connectivity index (χ1n) is 9.42. The van der Waals surface area contributed by atoms with Crippen molar-refractivity contribution in [2.45, 2.75) is 26.4 Å². The molecule has 0 bridgehead atoms. The molecule has 0 aliphatic rings. The zero-order valence-corrected chi connectivity index (χ0v) is 16.6. The van der Waals surface area contributed by atoms with E-state index in [1.165, 1.54) is 12.1 Å². The highest BCUT2D eigenvalue weighted by molar-refractivity contribution is 5.85. The Bertz CT molecular complexity index is 1120. The number of ether oxygens (including phenoxy) is 1. The van der Waals surface area contributed by atoms with Crippen LogP contribution in [0.2, 0.25) is 0 Å². The molecule has 0 saturated heterocycles. The van der Waals surface area contributed by atoms with E-state index in [9.17, 15) is 4.39 Å². The molecule has 0 atom stereocenters. The number of imidazole rings is 1. The molecule has 2 aromatic carbocycles. The molecule has 2 aromatic heterocycles. The van der Waals surface area contributed by atoms with Gasteiger partial charge in [0.05, 0.1) is 13.4 Å². The van der Waals surface area contributed by atoms with Crippen molar-refractivity contribution in [3.63, 3.8) is 0 Å². The van der Waals surface area contributed by atoms with Gasteiger partial charge in [-0.3, -0.25) is 0 Å². The molecule has 0 amide bonds. The topological polar surface area (TPSA) is 64.9 Å². The minimum Gasteiger partial charge on any atom is -0.497 e. The molecule has 4 aromatic rings. The number of anilines is 1. The van der Waals surface area contributed by atoms with Crippen LogP contribution in [0, 0.1) is 5.82 Å². The molecule has 2 heterocycles. The highest BCUT2D eigenvalue weighted by atomic mass is 19.1. The van der Waals surface area contributed by atoms with Gasteiger partial charge in [-0.05, 0) is 55.8 Å². The van der Waals surface area contributed by atoms with E-state index >= 15 is 0 Å². The highest BCUT2D eigenvalue weighted by Crippen LogP contribution is 2.26. The monoisotopic (exact) mass is 391 g/mol. The maximum absolute atomic E-state index is 13.3. The molecule has 0 aliphatic heterocycles. The molecule has 0 radical (unpaired) electrons. The summed E-state index contributed by atoms with van der Waals surface area (Å²) >= 11 is 0. The van der Waals surface area contributed by atoms with Gasteiger partial charge in [-0.1, -0.05) is 12.1 Å². The minimum absolute atomic E-state index is 0.199. The van der Waals surface area contributed by atoms with Crippen LogP contribution in [0.3, 0.4) is 0 Å². The fraction of sp³-hybridized carbons (Fsp3) is 0.227. The number of nitrogens with one attached hydrogen (secondary N) is 1. The van der Waals surface area contributed by atoms with Crippen LogP contribution in [0.15, 0.2) is 54.9 Å². The fourth-order valence-corrected chi connectivity index (χ4v) is 3.07. The predicted molar refractivity (Wildman–Crippen MR) is 111 cm³/mol. The van der Waals surface area contributed by atoms with Gasteiger partial charge in [0.1, 0.15) is 17.1 Å². The summed E-state index contributed by atoms with van der Waals surface area (Å²) in [5, 5.41) is 3.37. The molecule has 1 N–H and O–H groups in total. The number of benzene rings is 2. The molecule has 0 unspecified atom stereocenters. The number of aromatic nitrogens is 4. The molecule has 148 valence electrons. The van der Waals surface area contributed by atoms with Crippen LogP contribution in [0.4, 0.5) is 10.2 Å². The lowest BCUT2D eigenvalue weighted by atomic mass is 10.2. The van der Waals surface area contributed by atoms with E-state index in [-0.39, 0.29) is 11.9 Å². The Kier molecular flexibility index (Phi) is 5.12. The number of methoxy groups -OCH3 is 1. The number of fused-ring (bicyclic) bond motifs is 1. The maximum Gasteiger partial charge on any atom is 0.166 e. The van der Waals surface area contributed by atoms with Crippen LogP contribution in [-0.2, 0) is 6.54 Å². The largest absolute Gasteiger partial charge is 0.497 e. The van der Waals surface area contributed by atoms with Gasteiger partial charge >= 0.3 is 0 Å². The van der Waals surface area contributed by atoms with Crippen molar-refractivity contribution >= 4 is 17.0 Å². The van der Waals surface area contributed by atoms with E-state index in [1.807, 2.05) is 28.8 Å². The molecular weight excluding hydrogens is 369 g/mol. The Morgan fingerprint density at radius 2 is 1.76 bits per heavy atom. The van der Waals surface area contributed by atoms with Crippen molar-refractivity contribution in [3.8, 4) is 17.1 Å². The van der Waals surface area contributed by atoms with Gasteiger partial charge in [0.2, 0.25) is 0 Å². The second-order valence-corrected chi connectivity index (χ2v) is 7.02. The van der Waals surface area contributed by atoms with Crippen molar-refractivity contribution in [2.24, 2.45) is 0 Å². The lowest BCUT2D eigenvalue weighted by molar-refractivity contribution is 0.414. The number of hydrogen-bond donors (Lipinski definition) is 1. The summed E-state index contributed by atoms with van der Waals surface area (Å²) in [5.74, 6) is 1.69. The number of halogens is 1. The molecule has 6 nitrogen and oxygen atoms in total. The van der Waals surface area contributed by atoms with Gasteiger partial charge in [0, 0.05) is 18.2 Å². The smallest absolute Gasteiger partial charge is 0.166 e. The van der Waals surface area contributed by atoms with Crippen LogP contribution in [0.25, 0.3) is 22.6 Å². The van der Waals surface area contributed by atoms with Gasteiger partial charge in [0.15, 0.2) is 17.3 Å². The third-order valence-electron chi connectivity index (χ3n) is 4.70. The summed E-state index contributed by atoms with van der Waals surface area (Å²) in [5.41, 5.74) is 3.28. The second-order valence-electron chi connectivity index (χ2n) is 7.02. The first-order valence-corrected chi connectivity index (χ1v) is 9.42. The van der Waals surface area contributed by atoms with Crippen LogP contribution in [0.5, 0.6) is 5.75 Å². The average Bonchev–Trinajstić information content (AvgIpc) is 3.17. The molecule has 0 fully saturated rings. The van der Waals surface area contributed by atoms with Crippen LogP contribution in [0.1, 0.15) is 25.5 Å². The average molecular weight is 391 g/mol. The van der Waals surface area contributed by atoms with E-state index < -0.39 is 0 Å². The van der Waals surface area contributed by atoms with Crippen molar-refractivity contribution in [2.75, 3.05) is 12.4 Å². The van der Waals surface area contributed by atoms with Gasteiger partial charge < -0.3 is 14.6 Å². The normalized spacial score (nSPS) is 11.2. The van der Waals surface area contributed by atoms with Gasteiger partial charge in [-0.15, -0.1) is 0 Å². The van der Waals surface area contributed by atoms with Crippen LogP contribution < -0.4 is 10.1 Å². The molecular formula is C22H22FN5O. The number of hydrogen-bond acceptors (Lipinski definition) is 5. The summed E-state index contributed by atoms with van der Waals surface area (Å²) < 4.78 is 20.6. The molecule has 0 saturated carbocycles. The van der Waals surface area contributed by atoms with E-state index in [0.29, 0.717) is 23.7 Å². The Labute approximate surface area is 168 Å². The van der Waals surface area contributed by atoms with E-state index in [0.717, 1.165) is 22.5 Å². The van der Waals surface area contributed by atoms with Gasteiger partial charge in [-0.25, -0.2) is 19.3 Å². The Balaban J connectivity index is 1.73. The fourth-order valence-electron chi connectivity index (χ4n) is 3.07. The van der Waals surface area contributed by atoms with E-state index in [4.69, 9.17) is 9.72 Å². The van der Waals surface area contributed by atoms with Crippen LogP contribution in [-0.4, -0.2) is 26.6 Å². The molecule has 7 heteroatoms. The summed E-state index contributed by atoms with van der Waals surface area (Å²) in [6, 6.07) is 14.2. The van der Waals surface area contributed by atoms with Crippen molar-refractivity contribution in [3.05, 3.63) is 66.2 Å². The summed E-state index contributed by atoms with van der Waals surface area (Å²) in [6.07, 6.45) is 1.77. The highest BCUT2D eigenvalue weighted by Gasteiger charge is 2.16. The van der Waals surface area contributed by atoms with Crippen LogP contribution >= 0.6 is 0 Å². The van der Waals surface area contributed by atoms with E-state index in [1.54, 1.807) is 25.6 Å². The van der Waals surface area contributed by atoms with Gasteiger partial charge in [0.25, 0.3) is 0 Å². The third kappa shape index (κ3) is 3.89. The standard InChI is InChI=1S/C22H22FN5O/c1-14(2)28-13-25-19-21(24-12-15-4-10-18(29-3)11-5-15)26-20(27-22(19)28)16-6-8-17(23)9-7-16/h4-11,13-14H,12H2,1-3H3,(H,24,26,27). The lowest BCUT2D eigenvalue weighted by Gasteiger charge is -2.11. The van der Waals surface area contributed by atoms with E-state index in [2.05, 4.69) is 29.1 Å². The Hall–Kier alpha value is -3.48. The Morgan fingerprint density at radius 1 is 1.03 bits per heavy atom. The lowest BCUT2D eigenvalue weighted by Crippen LogP contribution is -2.06. The summed E-state index contributed by atoms with van der Waals surface area (Å²) in [7, 11) is 1.65. The molecule has 0 aliphatic carbocycles. The second kappa shape index (κ2) is 7.87. The third-order valence-corrected chi connectivity index (χ3v) is 4.70. The number of rotatable bonds is 6. The van der Waals surface area contributed by atoms with Crippen molar-refractivity contribution in [1.29, 1.82) is 0 Å². The minimum atomic E-state index is -0.292. The zero-order chi connectivity index (χ0) is 20.4. The Morgan fingerprint density at radius 3 is 2.41 bits per heavy atom. The molecule has 4 rings (SSSR count). The first kappa shape index (κ1) is 18.9. The number of nitrogens with zero attached hydrogens (tertiary/aromatic N) is 4. The zero-order valence-electron chi connectivity index (χ0n) is 16.6. The quantitative estimate of drug-likeness (QED) is 0.510. The summed E-state index contributed by atoms with van der Waals surface area (Å²) in [4.78, 5) is 13.9. The summed E-state index contributed by atoms with van der Waals surface area (Å²) in [6.45, 7) is 4.73. The molecule has 0 spiro atoms. The maximum atomic E-state index is 13.3. The van der Waals surface area contributed by atoms with Crippen molar-refractivity contribution in [1.82, 2.24) is 19.5 Å². The predicted octanol–water partition coefficient (Wildman–Crippen LogP) is 4.83. The van der Waals surface area contributed by atoms with Crippen molar-refractivity contribution < 1.29 is 9.13 Å². The first-order chi connectivity index (χ1) is 14.0. The molecule has 29 heavy (non-hydrogen) atoms. The van der Waals surface area contributed by atoms with Gasteiger partial charge in [-0.2, -0.15) is 0 Å².